The Kier molecular flexibility index (Phi) is 24.3. The Bertz CT molecular complexity index is 19.2. The van der Waals surface area contributed by atoms with Crippen LogP contribution >= 0.6 is 12.6 Å². The molecular formula is C4H13NSSe. The maximum absolute atomic E-state index is 4.95. The number of thiol groups is 1. The fourth-order valence-electron chi connectivity index (χ4n) is 0. The minimum absolute atomic E-state index is 0.684. The molecule has 3 heteroatoms. The Hall–Kier alpha value is 0.829. The molecule has 0 rings (SSSR count). The van der Waals surface area contributed by atoms with E-state index in [1.165, 1.54) is 0 Å². The first-order valence-electron chi connectivity index (χ1n) is 2.04. The van der Waals surface area contributed by atoms with Crippen molar-refractivity contribution in [2.45, 2.75) is 11.6 Å². The van der Waals surface area contributed by atoms with E-state index in [4.69, 9.17) is 5.73 Å². The van der Waals surface area contributed by atoms with Crippen LogP contribution in [0.1, 0.15) is 0 Å². The Morgan fingerprint density at radius 2 is 1.71 bits per heavy atom. The summed E-state index contributed by atoms with van der Waals surface area (Å²) in [5, 5.41) is 0. The van der Waals surface area contributed by atoms with Crippen LogP contribution in [0.25, 0.3) is 0 Å². The molecule has 0 amide bonds. The van der Waals surface area contributed by atoms with Crippen molar-refractivity contribution in [3.8, 4) is 0 Å². The summed E-state index contributed by atoms with van der Waals surface area (Å²) in [4.78, 5) is 0. The summed E-state index contributed by atoms with van der Waals surface area (Å²) < 4.78 is 0. The zero-order valence-corrected chi connectivity index (χ0v) is 7.45. The van der Waals surface area contributed by atoms with E-state index >= 15 is 0 Å². The van der Waals surface area contributed by atoms with Crippen molar-refractivity contribution >= 4 is 27.6 Å². The van der Waals surface area contributed by atoms with Gasteiger partial charge in [-0.3, -0.25) is 0 Å². The van der Waals surface area contributed by atoms with Crippen LogP contribution in [0.3, 0.4) is 0 Å². The van der Waals surface area contributed by atoms with Crippen molar-refractivity contribution in [3.63, 3.8) is 0 Å². The van der Waals surface area contributed by atoms with Crippen LogP contribution in [0, 0.1) is 0 Å². The van der Waals surface area contributed by atoms with Gasteiger partial charge in [0.05, 0.1) is 0 Å². The van der Waals surface area contributed by atoms with Crippen molar-refractivity contribution in [2.75, 3.05) is 12.3 Å². The molecule has 0 heterocycles. The standard InChI is InChI=1S/C2H7NS.C2H6Se/c3-1-2-4;1-3-2/h4H,1-3H2;1-2H3. The zero-order chi connectivity index (χ0) is 6.12. The van der Waals surface area contributed by atoms with E-state index in [-0.39, 0.29) is 0 Å². The first-order chi connectivity index (χ1) is 3.33. The molecular weight excluding hydrogens is 173 g/mol. The third-order valence-corrected chi connectivity index (χ3v) is 0.387. The Morgan fingerprint density at radius 3 is 1.71 bits per heavy atom. The van der Waals surface area contributed by atoms with Crippen LogP contribution in [-0.2, 0) is 0 Å². The average molecular weight is 186 g/mol. The van der Waals surface area contributed by atoms with Crippen molar-refractivity contribution in [1.82, 2.24) is 0 Å². The second-order valence-electron chi connectivity index (χ2n) is 0.921. The van der Waals surface area contributed by atoms with Crippen LogP contribution in [0.5, 0.6) is 0 Å². The van der Waals surface area contributed by atoms with Crippen LogP contribution < -0.4 is 5.73 Å². The van der Waals surface area contributed by atoms with Gasteiger partial charge in [-0.2, -0.15) is 12.6 Å². The Balaban J connectivity index is 0. The maximum Gasteiger partial charge on any atom is 0.00255 e. The molecule has 0 aromatic carbocycles. The van der Waals surface area contributed by atoms with E-state index in [1.54, 1.807) is 0 Å². The molecule has 0 aliphatic rings. The molecule has 0 bridgehead atoms. The summed E-state index contributed by atoms with van der Waals surface area (Å²) in [5.41, 5.74) is 4.95. The minimum Gasteiger partial charge on any atom is -0.330 e. The van der Waals surface area contributed by atoms with E-state index < -0.39 is 0 Å². The van der Waals surface area contributed by atoms with Gasteiger partial charge in [0, 0.05) is 12.3 Å². The van der Waals surface area contributed by atoms with Crippen molar-refractivity contribution < 1.29 is 0 Å². The minimum atomic E-state index is 0.684. The molecule has 0 aliphatic heterocycles. The summed E-state index contributed by atoms with van der Waals surface area (Å²) in [6.07, 6.45) is 0. The SMILES string of the molecule is C[Se]C.NCCS. The molecule has 0 saturated heterocycles. The van der Waals surface area contributed by atoms with Crippen LogP contribution in [-0.4, -0.2) is 27.3 Å². The molecule has 0 saturated carbocycles. The van der Waals surface area contributed by atoms with E-state index in [0.29, 0.717) is 6.54 Å². The largest absolute Gasteiger partial charge is 0.330 e. The first kappa shape index (κ1) is 10.7. The van der Waals surface area contributed by atoms with Crippen LogP contribution in [0.2, 0.25) is 11.6 Å². The van der Waals surface area contributed by atoms with E-state index in [0.717, 1.165) is 20.7 Å². The number of rotatable bonds is 1. The van der Waals surface area contributed by atoms with E-state index in [2.05, 4.69) is 24.3 Å². The quantitative estimate of drug-likeness (QED) is 0.456. The third-order valence-electron chi connectivity index (χ3n) is 0.129. The van der Waals surface area contributed by atoms with Gasteiger partial charge in [-0.25, -0.2) is 0 Å². The van der Waals surface area contributed by atoms with E-state index in [1.807, 2.05) is 0 Å². The smallest absolute Gasteiger partial charge is 0.00255 e. The first-order valence-corrected chi connectivity index (χ1v) is 6.10. The van der Waals surface area contributed by atoms with Crippen molar-refractivity contribution in [3.05, 3.63) is 0 Å². The molecule has 0 aliphatic carbocycles. The average Bonchev–Trinajstić information content (AvgIpc) is 1.69. The van der Waals surface area contributed by atoms with Crippen molar-refractivity contribution in [2.24, 2.45) is 5.73 Å². The van der Waals surface area contributed by atoms with Crippen molar-refractivity contribution in [1.29, 1.82) is 0 Å². The predicted molar refractivity (Wildman–Crippen MR) is 40.4 cm³/mol. The Labute approximate surface area is 57.6 Å². The molecule has 0 aromatic heterocycles. The molecule has 1 nitrogen and oxygen atoms in total. The molecule has 2 N–H and O–H groups in total. The van der Waals surface area contributed by atoms with Gasteiger partial charge in [0.1, 0.15) is 0 Å². The summed E-state index contributed by atoms with van der Waals surface area (Å²) in [7, 11) is 0. The molecule has 0 fully saturated rings. The normalized spacial score (nSPS) is 6.86. The molecule has 0 unspecified atom stereocenters. The van der Waals surface area contributed by atoms with Gasteiger partial charge in [-0.05, 0) is 0 Å². The Morgan fingerprint density at radius 1 is 1.57 bits per heavy atom. The molecule has 46 valence electrons. The zero-order valence-electron chi connectivity index (χ0n) is 4.85. The second kappa shape index (κ2) is 15.8. The van der Waals surface area contributed by atoms with Crippen LogP contribution in [0.4, 0.5) is 0 Å². The van der Waals surface area contributed by atoms with Gasteiger partial charge < -0.3 is 5.73 Å². The predicted octanol–water partition coefficient (Wildman–Crippen LogP) is 0.662. The fraction of sp³-hybridized carbons (Fsp3) is 1.00. The topological polar surface area (TPSA) is 26.0 Å². The molecule has 0 atom stereocenters. The number of hydrogen-bond donors (Lipinski definition) is 2. The van der Waals surface area contributed by atoms with Gasteiger partial charge in [-0.15, -0.1) is 0 Å². The number of hydrogen-bond acceptors (Lipinski definition) is 2. The maximum atomic E-state index is 4.95. The second-order valence-corrected chi connectivity index (χ2v) is 3.08. The summed E-state index contributed by atoms with van der Waals surface area (Å²) in [6.45, 7) is 0.684. The molecule has 0 spiro atoms. The monoisotopic (exact) mass is 187 g/mol. The van der Waals surface area contributed by atoms with Gasteiger partial charge in [-0.1, -0.05) is 0 Å². The third kappa shape index (κ3) is 47.6. The van der Waals surface area contributed by atoms with Crippen LogP contribution in [0.15, 0.2) is 0 Å². The summed E-state index contributed by atoms with van der Waals surface area (Å²) in [6, 6.07) is 0. The molecule has 0 radical (unpaired) electrons. The molecule has 0 aromatic rings. The summed E-state index contributed by atoms with van der Waals surface area (Å²) in [5.74, 6) is 5.17. The van der Waals surface area contributed by atoms with Gasteiger partial charge >= 0.3 is 26.6 Å². The summed E-state index contributed by atoms with van der Waals surface area (Å²) >= 11 is 4.67. The van der Waals surface area contributed by atoms with Gasteiger partial charge in [0.2, 0.25) is 0 Å². The van der Waals surface area contributed by atoms with Gasteiger partial charge in [0.15, 0.2) is 0 Å². The molecule has 7 heavy (non-hydrogen) atoms. The van der Waals surface area contributed by atoms with E-state index in [9.17, 15) is 0 Å². The fourth-order valence-corrected chi connectivity index (χ4v) is 0. The number of nitrogens with two attached hydrogens (primary N) is 1. The van der Waals surface area contributed by atoms with Gasteiger partial charge in [0.25, 0.3) is 0 Å².